The fraction of sp³-hybridized carbons (Fsp3) is 0.900. The van der Waals surface area contributed by atoms with E-state index in [9.17, 15) is 8.42 Å². The SMILES string of the molecule is O=S1(=O)CC[C@@H](NC2=NCCCCC2)C1. The van der Waals surface area contributed by atoms with Gasteiger partial charge in [-0.05, 0) is 19.3 Å². The van der Waals surface area contributed by atoms with E-state index in [1.165, 1.54) is 12.8 Å². The van der Waals surface area contributed by atoms with E-state index in [2.05, 4.69) is 10.3 Å². The van der Waals surface area contributed by atoms with Gasteiger partial charge in [-0.15, -0.1) is 0 Å². The van der Waals surface area contributed by atoms with Crippen molar-refractivity contribution in [1.82, 2.24) is 5.32 Å². The molecule has 1 atom stereocenters. The average molecular weight is 230 g/mol. The van der Waals surface area contributed by atoms with E-state index in [1.54, 1.807) is 0 Å². The fourth-order valence-corrected chi connectivity index (χ4v) is 3.81. The second kappa shape index (κ2) is 4.51. The highest BCUT2D eigenvalue weighted by molar-refractivity contribution is 7.91. The van der Waals surface area contributed by atoms with Gasteiger partial charge in [-0.3, -0.25) is 4.99 Å². The van der Waals surface area contributed by atoms with Gasteiger partial charge in [0.25, 0.3) is 0 Å². The zero-order chi connectivity index (χ0) is 10.7. The van der Waals surface area contributed by atoms with Crippen LogP contribution in [0.1, 0.15) is 32.1 Å². The molecule has 86 valence electrons. The summed E-state index contributed by atoms with van der Waals surface area (Å²) in [5, 5.41) is 3.28. The van der Waals surface area contributed by atoms with E-state index in [0.717, 1.165) is 31.6 Å². The van der Waals surface area contributed by atoms with Gasteiger partial charge >= 0.3 is 0 Å². The predicted octanol–water partition coefficient (Wildman–Crippen LogP) is 0.736. The largest absolute Gasteiger partial charge is 0.370 e. The zero-order valence-electron chi connectivity index (χ0n) is 8.91. The molecular formula is C10H18N2O2S. The molecule has 0 amide bonds. The Labute approximate surface area is 91.1 Å². The number of hydrogen-bond acceptors (Lipinski definition) is 4. The maximum Gasteiger partial charge on any atom is 0.152 e. The smallest absolute Gasteiger partial charge is 0.152 e. The monoisotopic (exact) mass is 230 g/mol. The average Bonchev–Trinajstić information content (AvgIpc) is 2.41. The van der Waals surface area contributed by atoms with Gasteiger partial charge in [0.1, 0.15) is 0 Å². The standard InChI is InChI=1S/C10H18N2O2S/c13-15(14)7-5-9(8-15)12-10-4-2-1-3-6-11-10/h9H,1-8H2,(H,11,12)/t9-/m1/s1. The molecule has 0 aromatic carbocycles. The van der Waals surface area contributed by atoms with Gasteiger partial charge in [-0.1, -0.05) is 6.42 Å². The first-order valence-electron chi connectivity index (χ1n) is 5.66. The number of nitrogens with one attached hydrogen (secondary N) is 1. The Balaban J connectivity index is 1.89. The van der Waals surface area contributed by atoms with Crippen LogP contribution in [0.25, 0.3) is 0 Å². The van der Waals surface area contributed by atoms with Crippen LogP contribution in [0.3, 0.4) is 0 Å². The summed E-state index contributed by atoms with van der Waals surface area (Å²) in [6, 6.07) is 0.104. The summed E-state index contributed by atoms with van der Waals surface area (Å²) < 4.78 is 22.5. The Morgan fingerprint density at radius 3 is 2.87 bits per heavy atom. The number of sulfone groups is 1. The van der Waals surface area contributed by atoms with Crippen LogP contribution in [-0.2, 0) is 9.84 Å². The quantitative estimate of drug-likeness (QED) is 0.722. The van der Waals surface area contributed by atoms with Crippen LogP contribution in [0.5, 0.6) is 0 Å². The highest BCUT2D eigenvalue weighted by Crippen LogP contribution is 2.13. The van der Waals surface area contributed by atoms with Crippen molar-refractivity contribution in [3.63, 3.8) is 0 Å². The summed E-state index contributed by atoms with van der Waals surface area (Å²) in [4.78, 5) is 4.45. The molecule has 2 aliphatic heterocycles. The topological polar surface area (TPSA) is 58.5 Å². The summed E-state index contributed by atoms with van der Waals surface area (Å²) in [6.45, 7) is 0.891. The van der Waals surface area contributed by atoms with Gasteiger partial charge in [0.05, 0.1) is 17.3 Å². The van der Waals surface area contributed by atoms with Gasteiger partial charge < -0.3 is 5.32 Å². The minimum absolute atomic E-state index is 0.104. The lowest BCUT2D eigenvalue weighted by Gasteiger charge is -2.13. The van der Waals surface area contributed by atoms with Crippen molar-refractivity contribution in [2.45, 2.75) is 38.1 Å². The molecule has 2 rings (SSSR count). The van der Waals surface area contributed by atoms with Crippen molar-refractivity contribution < 1.29 is 8.42 Å². The van der Waals surface area contributed by atoms with E-state index in [-0.39, 0.29) is 11.8 Å². The Morgan fingerprint density at radius 1 is 1.27 bits per heavy atom. The third-order valence-electron chi connectivity index (χ3n) is 2.98. The first kappa shape index (κ1) is 10.9. The summed E-state index contributed by atoms with van der Waals surface area (Å²) in [7, 11) is -2.77. The Kier molecular flexibility index (Phi) is 3.29. The van der Waals surface area contributed by atoms with Gasteiger partial charge in [0, 0.05) is 19.0 Å². The molecule has 1 N–H and O–H groups in total. The first-order chi connectivity index (χ1) is 7.16. The van der Waals surface area contributed by atoms with Gasteiger partial charge in [0.15, 0.2) is 9.84 Å². The van der Waals surface area contributed by atoms with Crippen LogP contribution in [0.2, 0.25) is 0 Å². The van der Waals surface area contributed by atoms with Crippen LogP contribution in [0.4, 0.5) is 0 Å². The molecule has 0 aromatic rings. The van der Waals surface area contributed by atoms with Crippen molar-refractivity contribution >= 4 is 15.7 Å². The molecule has 1 fully saturated rings. The van der Waals surface area contributed by atoms with Crippen LogP contribution < -0.4 is 5.32 Å². The lowest BCUT2D eigenvalue weighted by atomic mass is 10.2. The molecule has 0 saturated carbocycles. The van der Waals surface area contributed by atoms with E-state index in [1.807, 2.05) is 0 Å². The second-order valence-corrected chi connectivity index (χ2v) is 6.61. The number of aliphatic imine (C=N–C) groups is 1. The predicted molar refractivity (Wildman–Crippen MR) is 61.0 cm³/mol. The van der Waals surface area contributed by atoms with Gasteiger partial charge in [-0.2, -0.15) is 0 Å². The lowest BCUT2D eigenvalue weighted by Crippen LogP contribution is -2.35. The number of amidine groups is 1. The Hall–Kier alpha value is -0.580. The molecule has 0 aromatic heterocycles. The number of nitrogens with zero attached hydrogens (tertiary/aromatic N) is 1. The summed E-state index contributed by atoms with van der Waals surface area (Å²) in [6.07, 6.45) is 5.29. The molecule has 2 heterocycles. The van der Waals surface area contributed by atoms with Crippen LogP contribution in [0, 0.1) is 0 Å². The molecule has 0 spiro atoms. The third kappa shape index (κ3) is 3.19. The van der Waals surface area contributed by atoms with E-state index >= 15 is 0 Å². The lowest BCUT2D eigenvalue weighted by molar-refractivity contribution is 0.600. The minimum Gasteiger partial charge on any atom is -0.370 e. The maximum absolute atomic E-state index is 11.3. The maximum atomic E-state index is 11.3. The number of rotatable bonds is 1. The third-order valence-corrected chi connectivity index (χ3v) is 4.75. The van der Waals surface area contributed by atoms with Crippen LogP contribution in [-0.4, -0.2) is 38.3 Å². The molecule has 5 heteroatoms. The van der Waals surface area contributed by atoms with Gasteiger partial charge in [0.2, 0.25) is 0 Å². The highest BCUT2D eigenvalue weighted by atomic mass is 32.2. The minimum atomic E-state index is -2.77. The second-order valence-electron chi connectivity index (χ2n) is 4.38. The van der Waals surface area contributed by atoms with E-state index in [4.69, 9.17) is 0 Å². The van der Waals surface area contributed by atoms with E-state index < -0.39 is 9.84 Å². The molecule has 0 bridgehead atoms. The summed E-state index contributed by atoms with van der Waals surface area (Å²) >= 11 is 0. The Bertz CT molecular complexity index is 348. The molecule has 15 heavy (non-hydrogen) atoms. The first-order valence-corrected chi connectivity index (χ1v) is 7.48. The van der Waals surface area contributed by atoms with Crippen molar-refractivity contribution in [2.75, 3.05) is 18.1 Å². The van der Waals surface area contributed by atoms with Gasteiger partial charge in [-0.25, -0.2) is 8.42 Å². The molecule has 0 aliphatic carbocycles. The highest BCUT2D eigenvalue weighted by Gasteiger charge is 2.28. The molecule has 0 radical (unpaired) electrons. The fourth-order valence-electron chi connectivity index (χ4n) is 2.14. The molecule has 0 unspecified atom stereocenters. The van der Waals surface area contributed by atoms with Crippen LogP contribution in [0.15, 0.2) is 4.99 Å². The van der Waals surface area contributed by atoms with Crippen molar-refractivity contribution in [2.24, 2.45) is 4.99 Å². The normalized spacial score (nSPS) is 30.7. The summed E-state index contributed by atoms with van der Waals surface area (Å²) in [5.74, 6) is 1.64. The number of hydrogen-bond donors (Lipinski definition) is 1. The van der Waals surface area contributed by atoms with Crippen LogP contribution >= 0.6 is 0 Å². The van der Waals surface area contributed by atoms with Crippen molar-refractivity contribution in [3.8, 4) is 0 Å². The molecule has 4 nitrogen and oxygen atoms in total. The van der Waals surface area contributed by atoms with Crippen molar-refractivity contribution in [3.05, 3.63) is 0 Å². The molecule has 1 saturated heterocycles. The van der Waals surface area contributed by atoms with E-state index in [0.29, 0.717) is 5.75 Å². The Morgan fingerprint density at radius 2 is 2.13 bits per heavy atom. The zero-order valence-corrected chi connectivity index (χ0v) is 9.72. The summed E-state index contributed by atoms with van der Waals surface area (Å²) in [5.41, 5.74) is 0. The van der Waals surface area contributed by atoms with Crippen molar-refractivity contribution in [1.29, 1.82) is 0 Å². The molecular weight excluding hydrogens is 212 g/mol. The molecule has 2 aliphatic rings.